The highest BCUT2D eigenvalue weighted by atomic mass is 32.1. The third kappa shape index (κ3) is 4.16. The Morgan fingerprint density at radius 2 is 1.75 bits per heavy atom. The molecule has 5 rings (SSSR count). The highest BCUT2D eigenvalue weighted by Gasteiger charge is 2.32. The molecule has 2 aromatic heterocycles. The SMILES string of the molecule is COC(=O)C[C@@H]1N=C(c2ccc(Nc3ccc(C#N)cc3)cc2)c2c(sc(C)c2C)-n2c(C)nnc21. The number of benzene rings is 2. The van der Waals surface area contributed by atoms with Gasteiger partial charge in [-0.05, 0) is 62.7 Å². The smallest absolute Gasteiger partial charge is 0.308 e. The molecule has 0 fully saturated rings. The summed E-state index contributed by atoms with van der Waals surface area (Å²) in [5.41, 5.74) is 6.35. The Kier molecular flexibility index (Phi) is 6.12. The van der Waals surface area contributed by atoms with Gasteiger partial charge < -0.3 is 10.1 Å². The normalized spacial score (nSPS) is 14.2. The van der Waals surface area contributed by atoms with Gasteiger partial charge in [-0.25, -0.2) is 0 Å². The van der Waals surface area contributed by atoms with Crippen LogP contribution in [0.5, 0.6) is 0 Å². The minimum atomic E-state index is -0.524. The number of nitrogens with zero attached hydrogens (tertiary/aromatic N) is 5. The van der Waals surface area contributed by atoms with Gasteiger partial charge in [0.2, 0.25) is 0 Å². The van der Waals surface area contributed by atoms with Crippen LogP contribution < -0.4 is 5.32 Å². The standard InChI is InChI=1S/C27H24N6O2S/c1-15-16(2)36-27-24(15)25(30-22(13-23(34)35-4)26-32-31-17(3)33(26)27)19-7-11-21(12-8-19)29-20-9-5-18(14-28)6-10-20/h5-12,22,29H,13H2,1-4H3/t22-/m0/s1. The van der Waals surface area contributed by atoms with Crippen molar-refractivity contribution in [3.05, 3.63) is 87.3 Å². The van der Waals surface area contributed by atoms with E-state index in [1.165, 1.54) is 12.0 Å². The molecule has 36 heavy (non-hydrogen) atoms. The van der Waals surface area contributed by atoms with Crippen molar-refractivity contribution in [3.63, 3.8) is 0 Å². The van der Waals surface area contributed by atoms with E-state index < -0.39 is 6.04 Å². The van der Waals surface area contributed by atoms with Crippen LogP contribution in [0.2, 0.25) is 0 Å². The van der Waals surface area contributed by atoms with E-state index in [2.05, 4.69) is 35.4 Å². The number of nitriles is 1. The molecule has 0 saturated carbocycles. The predicted octanol–water partition coefficient (Wildman–Crippen LogP) is 5.32. The van der Waals surface area contributed by atoms with E-state index in [0.717, 1.165) is 44.6 Å². The summed E-state index contributed by atoms with van der Waals surface area (Å²) in [7, 11) is 1.38. The molecule has 3 heterocycles. The van der Waals surface area contributed by atoms with Gasteiger partial charge in [0, 0.05) is 27.4 Å². The van der Waals surface area contributed by atoms with Crippen molar-refractivity contribution in [1.29, 1.82) is 5.26 Å². The van der Waals surface area contributed by atoms with Gasteiger partial charge in [-0.2, -0.15) is 5.26 Å². The molecule has 1 aliphatic heterocycles. The number of anilines is 2. The second-order valence-electron chi connectivity index (χ2n) is 8.57. The summed E-state index contributed by atoms with van der Waals surface area (Å²) in [5.74, 6) is 1.03. The molecular weight excluding hydrogens is 472 g/mol. The second kappa shape index (κ2) is 9.40. The molecule has 1 aliphatic rings. The quantitative estimate of drug-likeness (QED) is 0.375. The number of aryl methyl sites for hydroxylation is 2. The largest absolute Gasteiger partial charge is 0.469 e. The van der Waals surface area contributed by atoms with E-state index in [1.807, 2.05) is 47.9 Å². The number of esters is 1. The van der Waals surface area contributed by atoms with E-state index >= 15 is 0 Å². The molecule has 0 radical (unpaired) electrons. The van der Waals surface area contributed by atoms with Crippen molar-refractivity contribution in [2.24, 2.45) is 4.99 Å². The Balaban J connectivity index is 1.57. The maximum absolute atomic E-state index is 12.3. The van der Waals surface area contributed by atoms with Crippen molar-refractivity contribution in [2.45, 2.75) is 33.2 Å². The Hall–Kier alpha value is -4.29. The first-order valence-electron chi connectivity index (χ1n) is 11.4. The number of fused-ring (bicyclic) bond motifs is 3. The van der Waals surface area contributed by atoms with Gasteiger partial charge in [-0.15, -0.1) is 21.5 Å². The van der Waals surface area contributed by atoms with Crippen LogP contribution >= 0.6 is 11.3 Å². The Bertz CT molecular complexity index is 1520. The van der Waals surface area contributed by atoms with Crippen LogP contribution in [-0.2, 0) is 9.53 Å². The van der Waals surface area contributed by atoms with E-state index in [1.54, 1.807) is 23.5 Å². The number of hydrogen-bond donors (Lipinski definition) is 1. The number of aliphatic imine (C=N–C) groups is 1. The topological polar surface area (TPSA) is 105 Å². The molecular formula is C27H24N6O2S. The van der Waals surface area contributed by atoms with Crippen molar-refractivity contribution in [1.82, 2.24) is 14.8 Å². The van der Waals surface area contributed by atoms with E-state index in [9.17, 15) is 4.79 Å². The van der Waals surface area contributed by atoms with Crippen molar-refractivity contribution < 1.29 is 9.53 Å². The summed E-state index contributed by atoms with van der Waals surface area (Å²) in [5, 5.41) is 22.1. The Labute approximate surface area is 212 Å². The first-order chi connectivity index (χ1) is 17.4. The summed E-state index contributed by atoms with van der Waals surface area (Å²) in [4.78, 5) is 18.5. The van der Waals surface area contributed by atoms with Gasteiger partial charge in [0.1, 0.15) is 16.9 Å². The predicted molar refractivity (Wildman–Crippen MR) is 139 cm³/mol. The monoisotopic (exact) mass is 496 g/mol. The number of nitrogens with one attached hydrogen (secondary N) is 1. The first kappa shape index (κ1) is 23.5. The van der Waals surface area contributed by atoms with Crippen LogP contribution in [0.1, 0.15) is 51.2 Å². The average Bonchev–Trinajstić information content (AvgIpc) is 3.37. The molecule has 0 saturated heterocycles. The summed E-state index contributed by atoms with van der Waals surface area (Å²) in [6, 6.07) is 17.0. The maximum Gasteiger partial charge on any atom is 0.308 e. The van der Waals surface area contributed by atoms with E-state index in [-0.39, 0.29) is 12.4 Å². The van der Waals surface area contributed by atoms with Gasteiger partial charge in [0.05, 0.1) is 30.9 Å². The molecule has 9 heteroatoms. The molecule has 0 spiro atoms. The van der Waals surface area contributed by atoms with Crippen molar-refractivity contribution in [3.8, 4) is 11.1 Å². The average molecular weight is 497 g/mol. The number of carbonyl (C=O) groups is 1. The molecule has 0 unspecified atom stereocenters. The van der Waals surface area contributed by atoms with Crippen molar-refractivity contribution in [2.75, 3.05) is 12.4 Å². The van der Waals surface area contributed by atoms with Crippen LogP contribution in [0, 0.1) is 32.1 Å². The highest BCUT2D eigenvalue weighted by molar-refractivity contribution is 7.15. The molecule has 4 aromatic rings. The summed E-state index contributed by atoms with van der Waals surface area (Å²) < 4.78 is 6.97. The zero-order valence-corrected chi connectivity index (χ0v) is 21.2. The number of thiophene rings is 1. The lowest BCUT2D eigenvalue weighted by Gasteiger charge is -2.12. The zero-order valence-electron chi connectivity index (χ0n) is 20.4. The summed E-state index contributed by atoms with van der Waals surface area (Å²) in [6.07, 6.45) is 0.0729. The molecule has 0 bridgehead atoms. The maximum atomic E-state index is 12.3. The molecule has 0 aliphatic carbocycles. The molecule has 2 aromatic carbocycles. The third-order valence-electron chi connectivity index (χ3n) is 6.29. The fraction of sp³-hybridized carbons (Fsp3) is 0.222. The number of rotatable bonds is 5. The van der Waals surface area contributed by atoms with Crippen LogP contribution in [0.15, 0.2) is 53.5 Å². The number of aromatic nitrogens is 3. The first-order valence-corrected chi connectivity index (χ1v) is 12.3. The van der Waals surface area contributed by atoms with Crippen molar-refractivity contribution >= 4 is 34.4 Å². The van der Waals surface area contributed by atoms with Crippen LogP contribution in [0.3, 0.4) is 0 Å². The fourth-order valence-electron chi connectivity index (χ4n) is 4.27. The molecule has 1 atom stereocenters. The van der Waals surface area contributed by atoms with Crippen LogP contribution in [0.25, 0.3) is 5.00 Å². The van der Waals surface area contributed by atoms with Crippen LogP contribution in [-0.4, -0.2) is 33.6 Å². The van der Waals surface area contributed by atoms with Gasteiger partial charge >= 0.3 is 5.97 Å². The zero-order chi connectivity index (χ0) is 25.4. The molecule has 0 amide bonds. The molecule has 180 valence electrons. The number of ether oxygens (including phenoxy) is 1. The minimum absolute atomic E-state index is 0.0729. The number of hydrogen-bond acceptors (Lipinski definition) is 8. The summed E-state index contributed by atoms with van der Waals surface area (Å²) in [6.45, 7) is 6.11. The third-order valence-corrected chi connectivity index (χ3v) is 7.48. The van der Waals surface area contributed by atoms with Gasteiger partial charge in [0.25, 0.3) is 0 Å². The second-order valence-corrected chi connectivity index (χ2v) is 9.77. The van der Waals surface area contributed by atoms with E-state index in [0.29, 0.717) is 11.4 Å². The number of methoxy groups -OCH3 is 1. The number of carbonyl (C=O) groups excluding carboxylic acids is 1. The highest BCUT2D eigenvalue weighted by Crippen LogP contribution is 2.39. The Morgan fingerprint density at radius 3 is 2.39 bits per heavy atom. The lowest BCUT2D eigenvalue weighted by atomic mass is 9.99. The summed E-state index contributed by atoms with van der Waals surface area (Å²) >= 11 is 1.68. The van der Waals surface area contributed by atoms with E-state index in [4.69, 9.17) is 15.0 Å². The van der Waals surface area contributed by atoms with Gasteiger partial charge in [0.15, 0.2) is 5.82 Å². The van der Waals surface area contributed by atoms with Gasteiger partial charge in [-0.1, -0.05) is 12.1 Å². The molecule has 8 nitrogen and oxygen atoms in total. The lowest BCUT2D eigenvalue weighted by Crippen LogP contribution is -2.12. The van der Waals surface area contributed by atoms with Crippen LogP contribution in [0.4, 0.5) is 11.4 Å². The fourth-order valence-corrected chi connectivity index (χ4v) is 5.49. The Morgan fingerprint density at radius 1 is 1.08 bits per heavy atom. The minimum Gasteiger partial charge on any atom is -0.469 e. The lowest BCUT2D eigenvalue weighted by molar-refractivity contribution is -0.141. The van der Waals surface area contributed by atoms with Gasteiger partial charge in [-0.3, -0.25) is 14.4 Å². The molecule has 1 N–H and O–H groups in total.